The number of H-pyrrole nitrogens is 1. The lowest BCUT2D eigenvalue weighted by atomic mass is 10.2. The van der Waals surface area contributed by atoms with Crippen LogP contribution < -0.4 is 24.2 Å². The number of nitrogens with zero attached hydrogens (tertiary/aromatic N) is 2. The molecule has 4 aromatic rings. The fourth-order valence-electron chi connectivity index (χ4n) is 4.05. The number of hydrogen-bond donors (Lipinski definition) is 3. The predicted octanol–water partition coefficient (Wildman–Crippen LogP) is 4.24. The highest BCUT2D eigenvalue weighted by molar-refractivity contribution is 7.93. The Labute approximate surface area is 201 Å². The fraction of sp³-hybridized carbons (Fsp3) is 0.304. The number of aromatic nitrogens is 3. The molecule has 2 heterocycles. The number of sulfonamides is 1. The van der Waals surface area contributed by atoms with Gasteiger partial charge in [0.25, 0.3) is 10.0 Å². The Kier molecular flexibility index (Phi) is 5.67. The second-order valence-electron chi connectivity index (χ2n) is 8.33. The van der Waals surface area contributed by atoms with Gasteiger partial charge in [-0.3, -0.25) is 9.82 Å². The second kappa shape index (κ2) is 8.69. The van der Waals surface area contributed by atoms with E-state index in [1.807, 2.05) is 6.07 Å². The normalized spacial score (nSPS) is 17.3. The van der Waals surface area contributed by atoms with Crippen molar-refractivity contribution in [1.82, 2.24) is 15.4 Å². The quantitative estimate of drug-likeness (QED) is 0.308. The third-order valence-corrected chi connectivity index (χ3v) is 7.45. The zero-order chi connectivity index (χ0) is 24.7. The van der Waals surface area contributed by atoms with E-state index in [4.69, 9.17) is 18.7 Å². The summed E-state index contributed by atoms with van der Waals surface area (Å²) in [7, 11) is 0.146. The van der Waals surface area contributed by atoms with E-state index < -0.39 is 10.0 Å². The van der Waals surface area contributed by atoms with E-state index in [0.29, 0.717) is 40.1 Å². The van der Waals surface area contributed by atoms with Crippen LogP contribution in [0.2, 0.25) is 0 Å². The van der Waals surface area contributed by atoms with Crippen LogP contribution in [-0.2, 0) is 10.0 Å². The van der Waals surface area contributed by atoms with Gasteiger partial charge in [-0.05, 0) is 30.5 Å². The SMILES string of the molecule is COc1cc2c(NS(=O)(=O)c3c(OC)cccc3OC)noc2cc1Nc1cc([C@H]2C[C@@H]2C)[nH]n1. The van der Waals surface area contributed by atoms with Gasteiger partial charge < -0.3 is 24.1 Å². The van der Waals surface area contributed by atoms with Crippen molar-refractivity contribution in [2.45, 2.75) is 24.2 Å². The molecule has 1 fully saturated rings. The number of rotatable bonds is 9. The van der Waals surface area contributed by atoms with Crippen LogP contribution in [-0.4, -0.2) is 45.1 Å². The van der Waals surface area contributed by atoms with Gasteiger partial charge in [-0.15, -0.1) is 0 Å². The topological polar surface area (TPSA) is 141 Å². The molecule has 0 bridgehead atoms. The summed E-state index contributed by atoms with van der Waals surface area (Å²) in [6.07, 6.45) is 1.15. The van der Waals surface area contributed by atoms with Gasteiger partial charge in [0, 0.05) is 23.7 Å². The Balaban J connectivity index is 1.46. The Hall–Kier alpha value is -3.93. The maximum absolute atomic E-state index is 13.2. The highest BCUT2D eigenvalue weighted by Crippen LogP contribution is 2.46. The van der Waals surface area contributed by atoms with Crippen LogP contribution in [0.25, 0.3) is 11.0 Å². The largest absolute Gasteiger partial charge is 0.495 e. The van der Waals surface area contributed by atoms with Gasteiger partial charge >= 0.3 is 0 Å². The molecule has 0 spiro atoms. The molecule has 0 aliphatic heterocycles. The van der Waals surface area contributed by atoms with Crippen molar-refractivity contribution in [3.63, 3.8) is 0 Å². The number of ether oxygens (including phenoxy) is 3. The highest BCUT2D eigenvalue weighted by Gasteiger charge is 2.35. The summed E-state index contributed by atoms with van der Waals surface area (Å²) in [4.78, 5) is -0.147. The third kappa shape index (κ3) is 4.20. The van der Waals surface area contributed by atoms with Crippen molar-refractivity contribution in [2.75, 3.05) is 31.4 Å². The van der Waals surface area contributed by atoms with E-state index in [1.54, 1.807) is 18.2 Å². The Morgan fingerprint density at radius 2 is 1.74 bits per heavy atom. The van der Waals surface area contributed by atoms with Crippen LogP contribution in [0.3, 0.4) is 0 Å². The number of aromatic amines is 1. The first-order chi connectivity index (χ1) is 16.8. The number of methoxy groups -OCH3 is 3. The van der Waals surface area contributed by atoms with Gasteiger partial charge in [-0.2, -0.15) is 5.10 Å². The molecular weight excluding hydrogens is 474 g/mol. The molecule has 35 heavy (non-hydrogen) atoms. The van der Waals surface area contributed by atoms with E-state index in [1.165, 1.54) is 33.5 Å². The first kappa shape index (κ1) is 22.8. The van der Waals surface area contributed by atoms with Crippen LogP contribution in [0.1, 0.15) is 25.0 Å². The molecule has 5 rings (SSSR count). The predicted molar refractivity (Wildman–Crippen MR) is 129 cm³/mol. The lowest BCUT2D eigenvalue weighted by molar-refractivity contribution is 0.373. The van der Waals surface area contributed by atoms with E-state index >= 15 is 0 Å². The lowest BCUT2D eigenvalue weighted by Gasteiger charge is -2.14. The first-order valence-corrected chi connectivity index (χ1v) is 12.4. The average Bonchev–Trinajstić information content (AvgIpc) is 3.22. The molecule has 1 aliphatic carbocycles. The minimum atomic E-state index is -4.14. The highest BCUT2D eigenvalue weighted by atomic mass is 32.2. The Morgan fingerprint density at radius 1 is 1.06 bits per heavy atom. The zero-order valence-electron chi connectivity index (χ0n) is 19.6. The maximum Gasteiger partial charge on any atom is 0.270 e. The van der Waals surface area contributed by atoms with Gasteiger partial charge in [-0.25, -0.2) is 8.42 Å². The molecule has 0 amide bonds. The summed E-state index contributed by atoms with van der Waals surface area (Å²) >= 11 is 0. The monoisotopic (exact) mass is 499 g/mol. The number of nitrogens with one attached hydrogen (secondary N) is 3. The lowest BCUT2D eigenvalue weighted by Crippen LogP contribution is -2.15. The van der Waals surface area contributed by atoms with Gasteiger partial charge in [0.15, 0.2) is 22.1 Å². The zero-order valence-corrected chi connectivity index (χ0v) is 20.4. The van der Waals surface area contributed by atoms with Crippen LogP contribution in [0.15, 0.2) is 45.8 Å². The number of benzene rings is 2. The Bertz CT molecular complexity index is 1470. The fourth-order valence-corrected chi connectivity index (χ4v) is 5.39. The van der Waals surface area contributed by atoms with Gasteiger partial charge in [0.05, 0.1) is 32.4 Å². The summed E-state index contributed by atoms with van der Waals surface area (Å²) in [5, 5.41) is 15.0. The van der Waals surface area contributed by atoms with E-state index in [9.17, 15) is 8.42 Å². The smallest absolute Gasteiger partial charge is 0.270 e. The summed E-state index contributed by atoms with van der Waals surface area (Å²) in [6.45, 7) is 2.20. The van der Waals surface area contributed by atoms with Crippen molar-refractivity contribution < 1.29 is 27.2 Å². The van der Waals surface area contributed by atoms with Crippen LogP contribution in [0.4, 0.5) is 17.3 Å². The molecular formula is C23H25N5O6S. The van der Waals surface area contributed by atoms with Crippen molar-refractivity contribution in [3.8, 4) is 17.2 Å². The van der Waals surface area contributed by atoms with E-state index in [2.05, 4.69) is 32.3 Å². The Morgan fingerprint density at radius 3 is 2.37 bits per heavy atom. The minimum Gasteiger partial charge on any atom is -0.495 e. The number of fused-ring (bicyclic) bond motifs is 1. The molecule has 2 aromatic heterocycles. The molecule has 2 aromatic carbocycles. The standard InChI is InChI=1S/C23H25N5O6S/c1-12-8-13(12)15-11-21(26-25-15)24-16-10-19-14(9-20(16)33-4)23(27-34-19)28-35(29,30)22-17(31-2)6-5-7-18(22)32-3/h5-7,9-13H,8H2,1-4H3,(H,27,28)(H2,24,25,26)/t12-,13-/m0/s1. The molecule has 2 atom stereocenters. The molecule has 3 N–H and O–H groups in total. The second-order valence-corrected chi connectivity index (χ2v) is 9.95. The van der Waals surface area contributed by atoms with Crippen molar-refractivity contribution in [3.05, 3.63) is 42.1 Å². The van der Waals surface area contributed by atoms with Gasteiger partial charge in [0.2, 0.25) is 0 Å². The van der Waals surface area contributed by atoms with Crippen molar-refractivity contribution in [1.29, 1.82) is 0 Å². The number of hydrogen-bond acceptors (Lipinski definition) is 9. The molecule has 11 nitrogen and oxygen atoms in total. The molecule has 0 radical (unpaired) electrons. The minimum absolute atomic E-state index is 0.00239. The summed E-state index contributed by atoms with van der Waals surface area (Å²) in [5.41, 5.74) is 2.03. The first-order valence-electron chi connectivity index (χ1n) is 10.9. The van der Waals surface area contributed by atoms with Gasteiger partial charge in [-0.1, -0.05) is 18.1 Å². The van der Waals surface area contributed by atoms with E-state index in [0.717, 1.165) is 12.1 Å². The summed E-state index contributed by atoms with van der Waals surface area (Å²) in [6, 6.07) is 9.98. The molecule has 0 unspecified atom stereocenters. The molecule has 12 heteroatoms. The maximum atomic E-state index is 13.2. The molecule has 1 aliphatic rings. The summed E-state index contributed by atoms with van der Waals surface area (Å²) < 4.78 is 50.4. The molecule has 184 valence electrons. The number of anilines is 3. The molecule has 1 saturated carbocycles. The van der Waals surface area contributed by atoms with Crippen molar-refractivity contribution in [2.24, 2.45) is 5.92 Å². The summed E-state index contributed by atoms with van der Waals surface area (Å²) in [5.74, 6) is 2.53. The van der Waals surface area contributed by atoms with Crippen molar-refractivity contribution >= 4 is 38.3 Å². The third-order valence-electron chi connectivity index (χ3n) is 6.04. The average molecular weight is 500 g/mol. The van der Waals surface area contributed by atoms with Crippen LogP contribution in [0.5, 0.6) is 17.2 Å². The van der Waals surface area contributed by atoms with Crippen LogP contribution in [0, 0.1) is 5.92 Å². The molecule has 0 saturated heterocycles. The van der Waals surface area contributed by atoms with Gasteiger partial charge in [0.1, 0.15) is 17.2 Å². The van der Waals surface area contributed by atoms with E-state index in [-0.39, 0.29) is 22.2 Å². The van der Waals surface area contributed by atoms with Crippen LogP contribution >= 0.6 is 0 Å².